The molecule has 2 fully saturated rings. The minimum absolute atomic E-state index is 0.384. The molecule has 0 bridgehead atoms. The largest absolute Gasteiger partial charge is 0.489 e. The molecule has 0 saturated carbocycles. The van der Waals surface area contributed by atoms with E-state index in [0.29, 0.717) is 5.41 Å². The lowest BCUT2D eigenvalue weighted by atomic mass is 9.72. The zero-order chi connectivity index (χ0) is 23.7. The van der Waals surface area contributed by atoms with E-state index in [9.17, 15) is 0 Å². The standard InChI is InChI=1S/C29H45N3O2/c1-29(2,3)24-7-5-23(6-8-24)25-19-27-28(34-18-15-30(27)4)20-26(25)32-13-11-31(12-14-32)21-22-9-16-33-17-10-22/h5,19-20,22,24H,6-18,21H2,1-4H3. The number of hydrogen-bond donors (Lipinski definition) is 0. The maximum atomic E-state index is 6.14. The number of nitrogens with zero attached hydrogens (tertiary/aromatic N) is 3. The van der Waals surface area contributed by atoms with Crippen molar-refractivity contribution in [2.24, 2.45) is 17.3 Å². The van der Waals surface area contributed by atoms with Crippen LogP contribution < -0.4 is 14.5 Å². The molecule has 0 amide bonds. The highest BCUT2D eigenvalue weighted by atomic mass is 16.5. The Morgan fingerprint density at radius 3 is 2.35 bits per heavy atom. The zero-order valence-corrected chi connectivity index (χ0v) is 21.9. The van der Waals surface area contributed by atoms with E-state index in [0.717, 1.165) is 70.1 Å². The molecule has 1 aromatic rings. The van der Waals surface area contributed by atoms with Crippen LogP contribution in [0.3, 0.4) is 0 Å². The van der Waals surface area contributed by atoms with Crippen molar-refractivity contribution in [1.29, 1.82) is 0 Å². The van der Waals surface area contributed by atoms with Crippen LogP contribution in [0.2, 0.25) is 0 Å². The molecule has 0 spiro atoms. The minimum atomic E-state index is 0.384. The zero-order valence-electron chi connectivity index (χ0n) is 21.9. The molecule has 34 heavy (non-hydrogen) atoms. The molecule has 5 heteroatoms. The normalized spacial score (nSPS) is 25.1. The Morgan fingerprint density at radius 2 is 1.68 bits per heavy atom. The Hall–Kier alpha value is -1.72. The molecule has 1 aliphatic carbocycles. The molecule has 1 unspecified atom stereocenters. The number of ether oxygens (including phenoxy) is 2. The van der Waals surface area contributed by atoms with Crippen LogP contribution in [0.5, 0.6) is 5.75 Å². The number of piperazine rings is 1. The maximum Gasteiger partial charge on any atom is 0.144 e. The summed E-state index contributed by atoms with van der Waals surface area (Å²) < 4.78 is 11.7. The van der Waals surface area contributed by atoms with Gasteiger partial charge < -0.3 is 19.3 Å². The summed E-state index contributed by atoms with van der Waals surface area (Å²) in [5.74, 6) is 2.64. The Kier molecular flexibility index (Phi) is 7.13. The number of fused-ring (bicyclic) bond motifs is 1. The van der Waals surface area contributed by atoms with Crippen LogP contribution >= 0.6 is 0 Å². The smallest absolute Gasteiger partial charge is 0.144 e. The summed E-state index contributed by atoms with van der Waals surface area (Å²) in [5, 5.41) is 0. The summed E-state index contributed by atoms with van der Waals surface area (Å²) in [6, 6.07) is 4.78. The van der Waals surface area contributed by atoms with Crippen LogP contribution in [0, 0.1) is 17.3 Å². The van der Waals surface area contributed by atoms with Gasteiger partial charge in [-0.2, -0.15) is 0 Å². The second-order valence-electron chi connectivity index (χ2n) is 12.0. The average Bonchev–Trinajstić information content (AvgIpc) is 2.84. The Labute approximate surface area is 207 Å². The van der Waals surface area contributed by atoms with Crippen molar-refractivity contribution >= 4 is 16.9 Å². The van der Waals surface area contributed by atoms with E-state index in [4.69, 9.17) is 9.47 Å². The van der Waals surface area contributed by atoms with E-state index >= 15 is 0 Å². The lowest BCUT2D eigenvalue weighted by Gasteiger charge is -2.40. The van der Waals surface area contributed by atoms with Gasteiger partial charge in [-0.3, -0.25) is 4.90 Å². The quantitative estimate of drug-likeness (QED) is 0.600. The van der Waals surface area contributed by atoms with Gasteiger partial charge in [0.15, 0.2) is 0 Å². The number of rotatable bonds is 4. The monoisotopic (exact) mass is 467 g/mol. The van der Waals surface area contributed by atoms with Crippen molar-refractivity contribution in [3.05, 3.63) is 23.8 Å². The lowest BCUT2D eigenvalue weighted by molar-refractivity contribution is 0.0517. The van der Waals surface area contributed by atoms with Gasteiger partial charge in [-0.05, 0) is 61.0 Å². The second-order valence-corrected chi connectivity index (χ2v) is 12.0. The van der Waals surface area contributed by atoms with Gasteiger partial charge in [0.1, 0.15) is 12.4 Å². The molecule has 3 aliphatic heterocycles. The highest BCUT2D eigenvalue weighted by Gasteiger charge is 2.30. The molecule has 2 saturated heterocycles. The molecule has 3 heterocycles. The predicted molar refractivity (Wildman–Crippen MR) is 142 cm³/mol. The fraction of sp³-hybridized carbons (Fsp3) is 0.724. The molecule has 0 radical (unpaired) electrons. The van der Waals surface area contributed by atoms with Crippen LogP contribution in [-0.4, -0.2) is 71.0 Å². The number of hydrogen-bond acceptors (Lipinski definition) is 5. The summed E-state index contributed by atoms with van der Waals surface area (Å²) in [6.45, 7) is 16.6. The number of anilines is 2. The van der Waals surface area contributed by atoms with Crippen LogP contribution in [0.1, 0.15) is 58.4 Å². The van der Waals surface area contributed by atoms with Gasteiger partial charge in [0.25, 0.3) is 0 Å². The van der Waals surface area contributed by atoms with Gasteiger partial charge in [0.2, 0.25) is 0 Å². The molecule has 1 atom stereocenters. The number of likely N-dealkylation sites (N-methyl/N-ethyl adjacent to an activating group) is 1. The van der Waals surface area contributed by atoms with Gasteiger partial charge in [0.05, 0.1) is 12.2 Å². The number of benzene rings is 1. The van der Waals surface area contributed by atoms with Crippen molar-refractivity contribution < 1.29 is 9.47 Å². The number of allylic oxidation sites excluding steroid dienone is 2. The van der Waals surface area contributed by atoms with Crippen molar-refractivity contribution in [2.45, 2.75) is 52.9 Å². The van der Waals surface area contributed by atoms with E-state index in [1.54, 1.807) is 5.57 Å². The van der Waals surface area contributed by atoms with Gasteiger partial charge in [-0.15, -0.1) is 0 Å². The van der Waals surface area contributed by atoms with Gasteiger partial charge >= 0.3 is 0 Å². The molecule has 0 N–H and O–H groups in total. The SMILES string of the molecule is CN1CCOc2cc(N3CCN(CC4CCOCC4)CC3)c(C3=CCC(C(C)(C)C)CC3)cc21. The van der Waals surface area contributed by atoms with Crippen LogP contribution in [0.15, 0.2) is 18.2 Å². The molecule has 5 nitrogen and oxygen atoms in total. The summed E-state index contributed by atoms with van der Waals surface area (Å²) in [4.78, 5) is 7.67. The van der Waals surface area contributed by atoms with Crippen molar-refractivity contribution in [3.8, 4) is 5.75 Å². The molecular formula is C29H45N3O2. The molecule has 4 aliphatic rings. The molecule has 5 rings (SSSR count). The van der Waals surface area contributed by atoms with E-state index in [2.05, 4.69) is 60.7 Å². The summed E-state index contributed by atoms with van der Waals surface area (Å²) >= 11 is 0. The van der Waals surface area contributed by atoms with Crippen molar-refractivity contribution in [1.82, 2.24) is 4.90 Å². The summed E-state index contributed by atoms with van der Waals surface area (Å²) in [7, 11) is 2.20. The first-order valence-electron chi connectivity index (χ1n) is 13.6. The van der Waals surface area contributed by atoms with Crippen molar-refractivity contribution in [3.63, 3.8) is 0 Å². The fourth-order valence-electron chi connectivity index (χ4n) is 6.23. The highest BCUT2D eigenvalue weighted by Crippen LogP contribution is 2.45. The third-order valence-corrected chi connectivity index (χ3v) is 8.72. The Balaban J connectivity index is 1.36. The summed E-state index contributed by atoms with van der Waals surface area (Å²) in [6.07, 6.45) is 8.67. The molecule has 1 aromatic carbocycles. The Morgan fingerprint density at radius 1 is 0.912 bits per heavy atom. The van der Waals surface area contributed by atoms with Gasteiger partial charge in [-0.25, -0.2) is 0 Å². The first kappa shape index (κ1) is 24.0. The Bertz CT molecular complexity index is 876. The highest BCUT2D eigenvalue weighted by molar-refractivity contribution is 5.83. The van der Waals surface area contributed by atoms with E-state index in [-0.39, 0.29) is 0 Å². The van der Waals surface area contributed by atoms with E-state index in [1.165, 1.54) is 55.6 Å². The third kappa shape index (κ3) is 5.26. The van der Waals surface area contributed by atoms with Gasteiger partial charge in [0, 0.05) is 70.3 Å². The fourth-order valence-corrected chi connectivity index (χ4v) is 6.23. The first-order valence-corrected chi connectivity index (χ1v) is 13.6. The van der Waals surface area contributed by atoms with E-state index < -0.39 is 0 Å². The maximum absolute atomic E-state index is 6.14. The molecular weight excluding hydrogens is 422 g/mol. The van der Waals surface area contributed by atoms with Crippen LogP contribution in [0.4, 0.5) is 11.4 Å². The third-order valence-electron chi connectivity index (χ3n) is 8.72. The van der Waals surface area contributed by atoms with E-state index in [1.807, 2.05) is 0 Å². The lowest BCUT2D eigenvalue weighted by Crippen LogP contribution is -2.48. The first-order chi connectivity index (χ1) is 16.4. The average molecular weight is 468 g/mol. The molecule has 0 aromatic heterocycles. The molecule has 188 valence electrons. The van der Waals surface area contributed by atoms with Crippen LogP contribution in [-0.2, 0) is 4.74 Å². The van der Waals surface area contributed by atoms with Gasteiger partial charge in [-0.1, -0.05) is 26.8 Å². The minimum Gasteiger partial charge on any atom is -0.489 e. The van der Waals surface area contributed by atoms with Crippen molar-refractivity contribution in [2.75, 3.05) is 75.9 Å². The second kappa shape index (κ2) is 10.1. The topological polar surface area (TPSA) is 28.2 Å². The summed E-state index contributed by atoms with van der Waals surface area (Å²) in [5.41, 5.74) is 6.01. The predicted octanol–water partition coefficient (Wildman–Crippen LogP) is 5.29. The van der Waals surface area contributed by atoms with Crippen LogP contribution in [0.25, 0.3) is 5.57 Å².